The van der Waals surface area contributed by atoms with Gasteiger partial charge in [-0.25, -0.2) is 13.1 Å². The van der Waals surface area contributed by atoms with Crippen LogP contribution < -0.4 is 10.0 Å². The third-order valence-corrected chi connectivity index (χ3v) is 4.72. The van der Waals surface area contributed by atoms with Crippen molar-refractivity contribution in [2.45, 2.75) is 25.3 Å². The summed E-state index contributed by atoms with van der Waals surface area (Å²) in [6.45, 7) is 2.11. The van der Waals surface area contributed by atoms with Crippen LogP contribution in [-0.2, 0) is 14.8 Å². The molecule has 1 amide bonds. The molecule has 1 aliphatic carbocycles. The Bertz CT molecular complexity index is 583. The largest absolute Gasteiger partial charge is 0.348 e. The van der Waals surface area contributed by atoms with Crippen LogP contribution in [0, 0.1) is 0 Å². The summed E-state index contributed by atoms with van der Waals surface area (Å²) in [6.07, 6.45) is 0.810. The second kappa shape index (κ2) is 5.30. The number of nitrogens with one attached hydrogen (secondary N) is 2. The van der Waals surface area contributed by atoms with Crippen LogP contribution in [0.2, 0.25) is 0 Å². The van der Waals surface area contributed by atoms with E-state index >= 15 is 0 Å². The lowest BCUT2D eigenvalue weighted by molar-refractivity contribution is -0.119. The molecule has 0 bridgehead atoms. The number of sulfonamides is 1. The number of carbonyl (C=O) groups excluding carboxylic acids is 1. The molecule has 1 aromatic rings. The Hall–Kier alpha value is -1.40. The monoisotopic (exact) mass is 282 g/mol. The number of carbonyl (C=O) groups is 1. The fraction of sp³-hybridized carbons (Fsp3) is 0.462. The molecule has 0 aromatic heterocycles. The smallest absolute Gasteiger partial charge is 0.237 e. The van der Waals surface area contributed by atoms with E-state index in [4.69, 9.17) is 0 Å². The lowest BCUT2D eigenvalue weighted by atomic mass is 10.0. The third-order valence-electron chi connectivity index (χ3n) is 3.46. The molecule has 6 heteroatoms. The summed E-state index contributed by atoms with van der Waals surface area (Å²) in [5.74, 6) is -0.623. The van der Waals surface area contributed by atoms with E-state index in [0.717, 1.165) is 12.0 Å². The van der Waals surface area contributed by atoms with Crippen molar-refractivity contribution in [3.63, 3.8) is 0 Å². The van der Waals surface area contributed by atoms with E-state index in [0.29, 0.717) is 5.92 Å². The SMILES string of the molecule is CNS(=O)(=O)CC(=O)NC1CC(C)c2ccccc21. The molecule has 0 aliphatic heterocycles. The lowest BCUT2D eigenvalue weighted by Gasteiger charge is -2.14. The van der Waals surface area contributed by atoms with Gasteiger partial charge in [-0.1, -0.05) is 31.2 Å². The van der Waals surface area contributed by atoms with E-state index < -0.39 is 21.7 Å². The van der Waals surface area contributed by atoms with E-state index in [1.807, 2.05) is 18.2 Å². The maximum Gasteiger partial charge on any atom is 0.237 e. The van der Waals surface area contributed by atoms with Crippen LogP contribution in [0.25, 0.3) is 0 Å². The van der Waals surface area contributed by atoms with Crippen molar-refractivity contribution in [3.8, 4) is 0 Å². The van der Waals surface area contributed by atoms with Gasteiger partial charge in [0.25, 0.3) is 0 Å². The molecule has 0 heterocycles. The minimum atomic E-state index is -3.51. The van der Waals surface area contributed by atoms with Crippen LogP contribution in [0.4, 0.5) is 0 Å². The second-order valence-electron chi connectivity index (χ2n) is 4.85. The zero-order valence-corrected chi connectivity index (χ0v) is 11.8. The van der Waals surface area contributed by atoms with Crippen LogP contribution in [-0.4, -0.2) is 27.1 Å². The molecule has 2 atom stereocenters. The molecule has 0 fully saturated rings. The van der Waals surface area contributed by atoms with Gasteiger partial charge >= 0.3 is 0 Å². The molecule has 2 unspecified atom stereocenters. The quantitative estimate of drug-likeness (QED) is 0.861. The predicted molar refractivity (Wildman–Crippen MR) is 73.2 cm³/mol. The minimum absolute atomic E-state index is 0.0919. The molecule has 0 saturated carbocycles. The van der Waals surface area contributed by atoms with Gasteiger partial charge in [0, 0.05) is 0 Å². The number of amides is 1. The average molecular weight is 282 g/mol. The average Bonchev–Trinajstić information content (AvgIpc) is 2.66. The maximum absolute atomic E-state index is 11.8. The van der Waals surface area contributed by atoms with Crippen molar-refractivity contribution in [2.75, 3.05) is 12.8 Å². The molecule has 2 rings (SSSR count). The summed E-state index contributed by atoms with van der Waals surface area (Å²) < 4.78 is 24.8. The Kier molecular flexibility index (Phi) is 3.91. The van der Waals surface area contributed by atoms with Gasteiger partial charge in [0.2, 0.25) is 15.9 Å². The van der Waals surface area contributed by atoms with Crippen LogP contribution in [0.1, 0.15) is 36.4 Å². The highest BCUT2D eigenvalue weighted by Crippen LogP contribution is 2.39. The molecule has 2 N–H and O–H groups in total. The van der Waals surface area contributed by atoms with Gasteiger partial charge in [-0.2, -0.15) is 0 Å². The number of hydrogen-bond donors (Lipinski definition) is 2. The summed E-state index contributed by atoms with van der Waals surface area (Å²) in [7, 11) is -2.21. The van der Waals surface area contributed by atoms with Gasteiger partial charge < -0.3 is 5.32 Å². The summed E-state index contributed by atoms with van der Waals surface area (Å²) >= 11 is 0. The highest BCUT2D eigenvalue weighted by molar-refractivity contribution is 7.90. The topological polar surface area (TPSA) is 75.3 Å². The summed E-state index contributed by atoms with van der Waals surface area (Å²) in [5, 5.41) is 2.80. The number of rotatable bonds is 4. The first-order valence-electron chi connectivity index (χ1n) is 6.22. The Morgan fingerprint density at radius 1 is 1.32 bits per heavy atom. The van der Waals surface area contributed by atoms with Crippen molar-refractivity contribution in [2.24, 2.45) is 0 Å². The lowest BCUT2D eigenvalue weighted by Crippen LogP contribution is -2.36. The minimum Gasteiger partial charge on any atom is -0.348 e. The van der Waals surface area contributed by atoms with Crippen LogP contribution in [0.5, 0.6) is 0 Å². The molecule has 1 aliphatic rings. The maximum atomic E-state index is 11.8. The van der Waals surface area contributed by atoms with Gasteiger partial charge in [0.1, 0.15) is 5.75 Å². The van der Waals surface area contributed by atoms with Gasteiger partial charge in [-0.3, -0.25) is 4.79 Å². The van der Waals surface area contributed by atoms with E-state index in [1.165, 1.54) is 12.6 Å². The van der Waals surface area contributed by atoms with Crippen molar-refractivity contribution < 1.29 is 13.2 Å². The molecule has 5 nitrogen and oxygen atoms in total. The zero-order chi connectivity index (χ0) is 14.0. The van der Waals surface area contributed by atoms with Crippen LogP contribution in [0.3, 0.4) is 0 Å². The zero-order valence-electron chi connectivity index (χ0n) is 11.0. The molecular formula is C13H18N2O3S. The van der Waals surface area contributed by atoms with Crippen molar-refractivity contribution >= 4 is 15.9 Å². The van der Waals surface area contributed by atoms with Crippen LogP contribution in [0.15, 0.2) is 24.3 Å². The van der Waals surface area contributed by atoms with Crippen LogP contribution >= 0.6 is 0 Å². The summed E-state index contributed by atoms with van der Waals surface area (Å²) in [5.41, 5.74) is 2.31. The Balaban J connectivity index is 2.08. The fourth-order valence-corrected chi connectivity index (χ4v) is 3.07. The Morgan fingerprint density at radius 3 is 2.58 bits per heavy atom. The molecule has 19 heavy (non-hydrogen) atoms. The van der Waals surface area contributed by atoms with Crippen molar-refractivity contribution in [1.82, 2.24) is 10.0 Å². The molecule has 104 valence electrons. The first kappa shape index (κ1) is 14.0. The highest BCUT2D eigenvalue weighted by atomic mass is 32.2. The Labute approximate surface area is 113 Å². The van der Waals surface area contributed by atoms with E-state index in [9.17, 15) is 13.2 Å². The number of benzene rings is 1. The van der Waals surface area contributed by atoms with Gasteiger partial charge in [0.15, 0.2) is 0 Å². The first-order valence-corrected chi connectivity index (χ1v) is 7.87. The van der Waals surface area contributed by atoms with Gasteiger partial charge in [-0.05, 0) is 30.5 Å². The Morgan fingerprint density at radius 2 is 1.95 bits per heavy atom. The van der Waals surface area contributed by atoms with Gasteiger partial charge in [-0.15, -0.1) is 0 Å². The van der Waals surface area contributed by atoms with Gasteiger partial charge in [0.05, 0.1) is 6.04 Å². The number of fused-ring (bicyclic) bond motifs is 1. The van der Waals surface area contributed by atoms with E-state index in [1.54, 1.807) is 0 Å². The summed E-state index contributed by atoms with van der Waals surface area (Å²) in [6, 6.07) is 7.85. The van der Waals surface area contributed by atoms with E-state index in [2.05, 4.69) is 23.0 Å². The normalized spacial score (nSPS) is 22.0. The predicted octanol–water partition coefficient (Wildman–Crippen LogP) is 0.900. The molecule has 1 aromatic carbocycles. The van der Waals surface area contributed by atoms with E-state index in [-0.39, 0.29) is 6.04 Å². The third kappa shape index (κ3) is 3.13. The molecule has 0 spiro atoms. The molecule has 0 radical (unpaired) electrons. The second-order valence-corrected chi connectivity index (χ2v) is 6.78. The molecular weight excluding hydrogens is 264 g/mol. The summed E-state index contributed by atoms with van der Waals surface area (Å²) in [4.78, 5) is 11.8. The highest BCUT2D eigenvalue weighted by Gasteiger charge is 2.29. The van der Waals surface area contributed by atoms with Crippen molar-refractivity contribution in [1.29, 1.82) is 0 Å². The number of hydrogen-bond acceptors (Lipinski definition) is 3. The fourth-order valence-electron chi connectivity index (χ4n) is 2.50. The van der Waals surface area contributed by atoms with Crippen molar-refractivity contribution in [3.05, 3.63) is 35.4 Å². The standard InChI is InChI=1S/C13H18N2O3S/c1-9-7-12(11-6-4-3-5-10(9)11)15-13(16)8-19(17,18)14-2/h3-6,9,12,14H,7-8H2,1-2H3,(H,15,16). The first-order chi connectivity index (χ1) is 8.93. The molecule has 0 saturated heterocycles.